The zero-order valence-corrected chi connectivity index (χ0v) is 13.8. The van der Waals surface area contributed by atoms with Gasteiger partial charge in [-0.1, -0.05) is 29.8 Å². The van der Waals surface area contributed by atoms with E-state index in [1.54, 1.807) is 7.11 Å². The van der Waals surface area contributed by atoms with E-state index in [0.717, 1.165) is 11.1 Å². The first-order chi connectivity index (χ1) is 10.5. The highest BCUT2D eigenvalue weighted by Gasteiger charge is 2.30. The monoisotopic (exact) mass is 320 g/mol. The molecule has 1 unspecified atom stereocenters. The molecule has 0 amide bonds. The molecule has 1 aromatic carbocycles. The van der Waals surface area contributed by atoms with E-state index < -0.39 is 0 Å². The van der Waals surface area contributed by atoms with E-state index in [4.69, 9.17) is 21.7 Å². The van der Waals surface area contributed by atoms with Crippen LogP contribution in [0.15, 0.2) is 35.5 Å². The van der Waals surface area contributed by atoms with Crippen molar-refractivity contribution >= 4 is 23.3 Å². The topological polar surface area (TPSA) is 59.6 Å². The standard InChI is InChI=1S/C16H20N2O3S/c1-10-4-6-12(7-5-10)14-13(11(2)17-16(22)18-14)15(19)21-9-8-20-3/h4-7,14H,8-9H2,1-3H3,(H2,17,18,22). The van der Waals surface area contributed by atoms with Gasteiger partial charge in [0.25, 0.3) is 0 Å². The molecule has 0 spiro atoms. The van der Waals surface area contributed by atoms with Crippen molar-refractivity contribution in [3.05, 3.63) is 46.7 Å². The number of aryl methyl sites for hydroxylation is 1. The Kier molecular flexibility index (Phi) is 5.51. The first-order valence-corrected chi connectivity index (χ1v) is 7.44. The molecule has 2 rings (SSSR count). The second-order valence-electron chi connectivity index (χ2n) is 5.11. The van der Waals surface area contributed by atoms with Crippen LogP contribution in [0.3, 0.4) is 0 Å². The van der Waals surface area contributed by atoms with Crippen molar-refractivity contribution in [2.24, 2.45) is 0 Å². The van der Waals surface area contributed by atoms with Gasteiger partial charge < -0.3 is 20.1 Å². The fraction of sp³-hybridized carbons (Fsp3) is 0.375. The van der Waals surface area contributed by atoms with E-state index in [9.17, 15) is 4.79 Å². The minimum atomic E-state index is -0.373. The quantitative estimate of drug-likeness (QED) is 0.491. The summed E-state index contributed by atoms with van der Waals surface area (Å²) in [7, 11) is 1.57. The number of hydrogen-bond acceptors (Lipinski definition) is 4. The summed E-state index contributed by atoms with van der Waals surface area (Å²) in [6.45, 7) is 4.43. The molecule has 5 nitrogen and oxygen atoms in total. The van der Waals surface area contributed by atoms with Crippen molar-refractivity contribution in [1.82, 2.24) is 10.6 Å². The number of methoxy groups -OCH3 is 1. The highest BCUT2D eigenvalue weighted by molar-refractivity contribution is 7.80. The molecule has 1 aromatic rings. The number of carbonyl (C=O) groups excluding carboxylic acids is 1. The third-order valence-electron chi connectivity index (χ3n) is 3.42. The predicted octanol–water partition coefficient (Wildman–Crippen LogP) is 1.98. The van der Waals surface area contributed by atoms with Crippen molar-refractivity contribution in [3.8, 4) is 0 Å². The van der Waals surface area contributed by atoms with E-state index in [2.05, 4.69) is 10.6 Å². The Hall–Kier alpha value is -1.92. The molecule has 0 radical (unpaired) electrons. The summed E-state index contributed by atoms with van der Waals surface area (Å²) in [5.41, 5.74) is 3.36. The summed E-state index contributed by atoms with van der Waals surface area (Å²) >= 11 is 5.20. The van der Waals surface area contributed by atoms with Crippen molar-refractivity contribution < 1.29 is 14.3 Å². The molecule has 22 heavy (non-hydrogen) atoms. The second kappa shape index (κ2) is 7.38. The van der Waals surface area contributed by atoms with Crippen molar-refractivity contribution in [3.63, 3.8) is 0 Å². The summed E-state index contributed by atoms with van der Waals surface area (Å²) in [5, 5.41) is 6.61. The largest absolute Gasteiger partial charge is 0.460 e. The van der Waals surface area contributed by atoms with Gasteiger partial charge in [0.1, 0.15) is 6.61 Å². The van der Waals surface area contributed by atoms with Crippen molar-refractivity contribution in [2.75, 3.05) is 20.3 Å². The van der Waals surface area contributed by atoms with Crippen LogP contribution in [0.2, 0.25) is 0 Å². The number of carbonyl (C=O) groups is 1. The van der Waals surface area contributed by atoms with Gasteiger partial charge in [0.05, 0.1) is 18.2 Å². The number of allylic oxidation sites excluding steroid dienone is 1. The number of ether oxygens (including phenoxy) is 2. The maximum absolute atomic E-state index is 12.4. The van der Waals surface area contributed by atoms with Crippen LogP contribution < -0.4 is 10.6 Å². The maximum atomic E-state index is 12.4. The molecule has 1 heterocycles. The first kappa shape index (κ1) is 16.5. The molecular formula is C16H20N2O3S. The van der Waals surface area contributed by atoms with Crippen molar-refractivity contribution in [1.29, 1.82) is 0 Å². The molecule has 0 bridgehead atoms. The molecule has 0 saturated heterocycles. The fourth-order valence-electron chi connectivity index (χ4n) is 2.27. The Morgan fingerprint density at radius 1 is 1.23 bits per heavy atom. The number of rotatable bonds is 5. The summed E-state index contributed by atoms with van der Waals surface area (Å²) < 4.78 is 10.2. The molecule has 0 fully saturated rings. The molecule has 6 heteroatoms. The average Bonchev–Trinajstić information content (AvgIpc) is 2.47. The summed E-state index contributed by atoms with van der Waals surface area (Å²) in [6.07, 6.45) is 0. The Balaban J connectivity index is 2.28. The van der Waals surface area contributed by atoms with Gasteiger partial charge in [-0.2, -0.15) is 0 Å². The molecule has 1 aliphatic rings. The molecule has 2 N–H and O–H groups in total. The normalized spacial score (nSPS) is 17.8. The van der Waals surface area contributed by atoms with Crippen molar-refractivity contribution in [2.45, 2.75) is 19.9 Å². The van der Waals surface area contributed by atoms with E-state index in [-0.39, 0.29) is 18.6 Å². The molecule has 0 aliphatic carbocycles. The van der Waals surface area contributed by atoms with Crippen LogP contribution in [-0.2, 0) is 14.3 Å². The molecular weight excluding hydrogens is 300 g/mol. The lowest BCUT2D eigenvalue weighted by molar-refractivity contribution is -0.140. The van der Waals surface area contributed by atoms with E-state index in [0.29, 0.717) is 23.0 Å². The van der Waals surface area contributed by atoms with Gasteiger partial charge in [0.2, 0.25) is 0 Å². The van der Waals surface area contributed by atoms with Crippen LogP contribution in [0.5, 0.6) is 0 Å². The van der Waals surface area contributed by atoms with Crippen LogP contribution in [0.25, 0.3) is 0 Å². The molecule has 1 atom stereocenters. The van der Waals surface area contributed by atoms with E-state index in [1.807, 2.05) is 38.1 Å². The SMILES string of the molecule is COCCOC(=O)C1=C(C)NC(=S)NC1c1ccc(C)cc1. The first-order valence-electron chi connectivity index (χ1n) is 7.04. The lowest BCUT2D eigenvalue weighted by atomic mass is 9.95. The lowest BCUT2D eigenvalue weighted by Crippen LogP contribution is -2.45. The number of hydrogen-bond donors (Lipinski definition) is 2. The van der Waals surface area contributed by atoms with Gasteiger partial charge in [-0.3, -0.25) is 0 Å². The number of esters is 1. The summed E-state index contributed by atoms with van der Waals surface area (Å²) in [5.74, 6) is -0.373. The van der Waals surface area contributed by atoms with Crippen LogP contribution in [0.4, 0.5) is 0 Å². The fourth-order valence-corrected chi connectivity index (χ4v) is 2.54. The highest BCUT2D eigenvalue weighted by atomic mass is 32.1. The zero-order chi connectivity index (χ0) is 16.1. The third kappa shape index (κ3) is 3.84. The average molecular weight is 320 g/mol. The predicted molar refractivity (Wildman–Crippen MR) is 88.3 cm³/mol. The van der Waals surface area contributed by atoms with Gasteiger partial charge in [-0.15, -0.1) is 0 Å². The second-order valence-corrected chi connectivity index (χ2v) is 5.52. The van der Waals surface area contributed by atoms with Gasteiger partial charge >= 0.3 is 5.97 Å². The minimum Gasteiger partial charge on any atom is -0.460 e. The number of benzene rings is 1. The Morgan fingerprint density at radius 3 is 2.55 bits per heavy atom. The minimum absolute atomic E-state index is 0.219. The Morgan fingerprint density at radius 2 is 1.91 bits per heavy atom. The Bertz CT molecular complexity index is 596. The van der Waals surface area contributed by atoms with Gasteiger partial charge in [-0.25, -0.2) is 4.79 Å². The van der Waals surface area contributed by atoms with Crippen LogP contribution >= 0.6 is 12.2 Å². The van der Waals surface area contributed by atoms with Gasteiger partial charge in [0.15, 0.2) is 5.11 Å². The van der Waals surface area contributed by atoms with Gasteiger partial charge in [-0.05, 0) is 31.6 Å². The third-order valence-corrected chi connectivity index (χ3v) is 3.64. The zero-order valence-electron chi connectivity index (χ0n) is 12.9. The molecule has 0 aromatic heterocycles. The summed E-state index contributed by atoms with van der Waals surface area (Å²) in [4.78, 5) is 12.4. The van der Waals surface area contributed by atoms with Crippen LogP contribution in [0, 0.1) is 6.92 Å². The summed E-state index contributed by atoms with van der Waals surface area (Å²) in [6, 6.07) is 7.66. The highest BCUT2D eigenvalue weighted by Crippen LogP contribution is 2.27. The Labute approximate surface area is 135 Å². The molecule has 1 aliphatic heterocycles. The number of thiocarbonyl (C=S) groups is 1. The number of nitrogens with one attached hydrogen (secondary N) is 2. The van der Waals surface area contributed by atoms with E-state index >= 15 is 0 Å². The smallest absolute Gasteiger partial charge is 0.338 e. The molecule has 118 valence electrons. The van der Waals surface area contributed by atoms with Crippen LogP contribution in [-0.4, -0.2) is 31.4 Å². The molecule has 0 saturated carbocycles. The van der Waals surface area contributed by atoms with Crippen LogP contribution in [0.1, 0.15) is 24.1 Å². The maximum Gasteiger partial charge on any atom is 0.338 e. The lowest BCUT2D eigenvalue weighted by Gasteiger charge is -2.30. The van der Waals surface area contributed by atoms with Gasteiger partial charge in [0, 0.05) is 12.8 Å². The van der Waals surface area contributed by atoms with E-state index in [1.165, 1.54) is 0 Å².